The summed E-state index contributed by atoms with van der Waals surface area (Å²) in [5.74, 6) is -0.109. The van der Waals surface area contributed by atoms with E-state index in [1.165, 1.54) is 0 Å². The van der Waals surface area contributed by atoms with Crippen LogP contribution in [0, 0.1) is 0 Å². The molecule has 1 aromatic rings. The molecule has 15 heavy (non-hydrogen) atoms. The lowest BCUT2D eigenvalue weighted by Crippen LogP contribution is -2.41. The van der Waals surface area contributed by atoms with Crippen LogP contribution < -0.4 is 11.1 Å². The first kappa shape index (κ1) is 11.7. The van der Waals surface area contributed by atoms with Crippen LogP contribution in [0.4, 0.5) is 0 Å². The van der Waals surface area contributed by atoms with Gasteiger partial charge in [-0.2, -0.15) is 0 Å². The van der Waals surface area contributed by atoms with Gasteiger partial charge in [-0.1, -0.05) is 6.92 Å². The van der Waals surface area contributed by atoms with Crippen LogP contribution in [0.25, 0.3) is 0 Å². The quantitative estimate of drug-likeness (QED) is 0.773. The Kier molecular flexibility index (Phi) is 4.24. The van der Waals surface area contributed by atoms with Crippen LogP contribution >= 0.6 is 0 Å². The van der Waals surface area contributed by atoms with E-state index in [9.17, 15) is 4.79 Å². The zero-order valence-electron chi connectivity index (χ0n) is 9.10. The Balaban J connectivity index is 2.56. The summed E-state index contributed by atoms with van der Waals surface area (Å²) in [5.41, 5.74) is 6.65. The normalized spacial score (nSPS) is 14.3. The maximum Gasteiger partial charge on any atom is 0.237 e. The van der Waals surface area contributed by atoms with Crippen molar-refractivity contribution in [3.63, 3.8) is 0 Å². The minimum Gasteiger partial charge on any atom is -0.348 e. The zero-order chi connectivity index (χ0) is 11.3. The summed E-state index contributed by atoms with van der Waals surface area (Å²) in [4.78, 5) is 15.4. The minimum atomic E-state index is -0.422. The van der Waals surface area contributed by atoms with Crippen LogP contribution in [-0.2, 0) is 4.79 Å². The van der Waals surface area contributed by atoms with Gasteiger partial charge in [0.15, 0.2) is 0 Å². The van der Waals surface area contributed by atoms with Crippen molar-refractivity contribution in [3.8, 4) is 0 Å². The van der Waals surface area contributed by atoms with Crippen molar-refractivity contribution < 1.29 is 4.79 Å². The summed E-state index contributed by atoms with van der Waals surface area (Å²) in [6.07, 6.45) is 4.06. The van der Waals surface area contributed by atoms with E-state index < -0.39 is 6.04 Å². The van der Waals surface area contributed by atoms with Gasteiger partial charge in [-0.3, -0.25) is 9.78 Å². The average Bonchev–Trinajstić information content (AvgIpc) is 2.29. The first-order chi connectivity index (χ1) is 7.15. The number of hydrogen-bond acceptors (Lipinski definition) is 3. The number of carbonyl (C=O) groups excluding carboxylic acids is 1. The largest absolute Gasteiger partial charge is 0.348 e. The molecule has 1 heterocycles. The number of nitrogens with one attached hydrogen (secondary N) is 1. The smallest absolute Gasteiger partial charge is 0.237 e. The first-order valence-electron chi connectivity index (χ1n) is 5.11. The summed E-state index contributed by atoms with van der Waals surface area (Å²) >= 11 is 0. The molecule has 0 spiro atoms. The number of amides is 1. The molecule has 4 heteroatoms. The fourth-order valence-corrected chi connectivity index (χ4v) is 1.24. The number of aromatic nitrogens is 1. The first-order valence-corrected chi connectivity index (χ1v) is 5.11. The van der Waals surface area contributed by atoms with Crippen LogP contribution in [0.15, 0.2) is 24.5 Å². The van der Waals surface area contributed by atoms with Gasteiger partial charge in [-0.05, 0) is 31.0 Å². The van der Waals surface area contributed by atoms with Crippen LogP contribution in [0.3, 0.4) is 0 Å². The molecular formula is C11H17N3O. The van der Waals surface area contributed by atoms with E-state index in [0.717, 1.165) is 5.56 Å². The highest BCUT2D eigenvalue weighted by atomic mass is 16.2. The summed E-state index contributed by atoms with van der Waals surface area (Å²) < 4.78 is 0. The lowest BCUT2D eigenvalue weighted by Gasteiger charge is -2.16. The molecule has 4 nitrogen and oxygen atoms in total. The Hall–Kier alpha value is -1.42. The lowest BCUT2D eigenvalue weighted by atomic mass is 10.1. The molecule has 82 valence electrons. The van der Waals surface area contributed by atoms with Crippen molar-refractivity contribution in [2.75, 3.05) is 0 Å². The fraction of sp³-hybridized carbons (Fsp3) is 0.455. The molecule has 1 aromatic heterocycles. The third-order valence-corrected chi connectivity index (χ3v) is 2.34. The van der Waals surface area contributed by atoms with Gasteiger partial charge in [0, 0.05) is 12.4 Å². The van der Waals surface area contributed by atoms with Crippen molar-refractivity contribution >= 4 is 5.91 Å². The van der Waals surface area contributed by atoms with Crippen molar-refractivity contribution in [3.05, 3.63) is 30.1 Å². The third kappa shape index (κ3) is 3.32. The van der Waals surface area contributed by atoms with E-state index in [2.05, 4.69) is 10.3 Å². The molecule has 0 fully saturated rings. The maximum atomic E-state index is 11.5. The second-order valence-electron chi connectivity index (χ2n) is 3.53. The van der Waals surface area contributed by atoms with Gasteiger partial charge < -0.3 is 11.1 Å². The number of hydrogen-bond donors (Lipinski definition) is 2. The molecule has 0 radical (unpaired) electrons. The fourth-order valence-electron chi connectivity index (χ4n) is 1.24. The number of carbonyl (C=O) groups is 1. The third-order valence-electron chi connectivity index (χ3n) is 2.34. The Labute approximate surface area is 89.9 Å². The van der Waals surface area contributed by atoms with Crippen LogP contribution in [-0.4, -0.2) is 16.9 Å². The van der Waals surface area contributed by atoms with Gasteiger partial charge in [0.2, 0.25) is 5.91 Å². The van der Waals surface area contributed by atoms with Gasteiger partial charge in [-0.15, -0.1) is 0 Å². The molecule has 0 saturated heterocycles. The maximum absolute atomic E-state index is 11.5. The van der Waals surface area contributed by atoms with Gasteiger partial charge in [0.05, 0.1) is 12.1 Å². The SMILES string of the molecule is CC[C@H](N)C(=O)NC(C)c1ccncc1. The van der Waals surface area contributed by atoms with E-state index >= 15 is 0 Å². The molecule has 1 rings (SSSR count). The lowest BCUT2D eigenvalue weighted by molar-refractivity contribution is -0.123. The second kappa shape index (κ2) is 5.46. The monoisotopic (exact) mass is 207 g/mol. The summed E-state index contributed by atoms with van der Waals surface area (Å²) in [5, 5.41) is 2.86. The van der Waals surface area contributed by atoms with Crippen LogP contribution in [0.2, 0.25) is 0 Å². The Morgan fingerprint density at radius 3 is 2.67 bits per heavy atom. The average molecular weight is 207 g/mol. The highest BCUT2D eigenvalue weighted by molar-refractivity contribution is 5.81. The zero-order valence-corrected chi connectivity index (χ0v) is 9.10. The number of rotatable bonds is 4. The number of pyridine rings is 1. The summed E-state index contributed by atoms with van der Waals surface area (Å²) in [6, 6.07) is 3.30. The number of nitrogens with two attached hydrogens (primary N) is 1. The molecule has 0 bridgehead atoms. The standard InChI is InChI=1S/C11H17N3O/c1-3-10(12)11(15)14-8(2)9-4-6-13-7-5-9/h4-8,10H,3,12H2,1-2H3,(H,14,15)/t8?,10-/m0/s1. The van der Waals surface area contributed by atoms with E-state index in [1.54, 1.807) is 12.4 Å². The molecule has 0 saturated carbocycles. The van der Waals surface area contributed by atoms with Crippen molar-refractivity contribution in [1.29, 1.82) is 0 Å². The van der Waals surface area contributed by atoms with Crippen LogP contribution in [0.5, 0.6) is 0 Å². The molecule has 1 unspecified atom stereocenters. The van der Waals surface area contributed by atoms with Gasteiger partial charge in [0.25, 0.3) is 0 Å². The Bertz CT molecular complexity index is 313. The summed E-state index contributed by atoms with van der Waals surface area (Å²) in [7, 11) is 0. The minimum absolute atomic E-state index is 0.0295. The Morgan fingerprint density at radius 1 is 1.53 bits per heavy atom. The van der Waals surface area contributed by atoms with E-state index in [4.69, 9.17) is 5.73 Å². The van der Waals surface area contributed by atoms with Gasteiger partial charge in [0.1, 0.15) is 0 Å². The predicted molar refractivity (Wildman–Crippen MR) is 59.1 cm³/mol. The van der Waals surface area contributed by atoms with Gasteiger partial charge >= 0.3 is 0 Å². The predicted octanol–water partition coefficient (Wildman–Crippen LogP) is 0.996. The van der Waals surface area contributed by atoms with Crippen molar-refractivity contribution in [2.45, 2.75) is 32.4 Å². The topological polar surface area (TPSA) is 68.0 Å². The number of nitrogens with zero attached hydrogens (tertiary/aromatic N) is 1. The highest BCUT2D eigenvalue weighted by Crippen LogP contribution is 2.10. The summed E-state index contributed by atoms with van der Waals surface area (Å²) in [6.45, 7) is 3.82. The van der Waals surface area contributed by atoms with Crippen LogP contribution in [0.1, 0.15) is 31.9 Å². The molecule has 0 aliphatic rings. The molecule has 3 N–H and O–H groups in total. The molecule has 0 aromatic carbocycles. The molecule has 0 aliphatic heterocycles. The molecule has 2 atom stereocenters. The van der Waals surface area contributed by atoms with E-state index in [0.29, 0.717) is 6.42 Å². The van der Waals surface area contributed by atoms with Gasteiger partial charge in [-0.25, -0.2) is 0 Å². The van der Waals surface area contributed by atoms with E-state index in [-0.39, 0.29) is 11.9 Å². The molecule has 1 amide bonds. The second-order valence-corrected chi connectivity index (χ2v) is 3.53. The molecular weight excluding hydrogens is 190 g/mol. The van der Waals surface area contributed by atoms with Crippen molar-refractivity contribution in [1.82, 2.24) is 10.3 Å². The Morgan fingerprint density at radius 2 is 2.13 bits per heavy atom. The highest BCUT2D eigenvalue weighted by Gasteiger charge is 2.14. The molecule has 0 aliphatic carbocycles. The van der Waals surface area contributed by atoms with E-state index in [1.807, 2.05) is 26.0 Å². The van der Waals surface area contributed by atoms with Crippen molar-refractivity contribution in [2.24, 2.45) is 5.73 Å².